The van der Waals surface area contributed by atoms with Gasteiger partial charge in [-0.1, -0.05) is 285 Å². The Morgan fingerprint density at radius 3 is 1.35 bits per heavy atom. The molecule has 2 aliphatic rings. The molecule has 0 saturated carbocycles. The minimum absolute atomic E-state index is 0.629. The lowest BCUT2D eigenvalue weighted by molar-refractivity contribution is 0.634. The molecule has 0 radical (unpaired) electrons. The predicted molar refractivity (Wildman–Crippen MR) is 402 cm³/mol. The Morgan fingerprint density at radius 2 is 0.704 bits per heavy atom. The number of fused-ring (bicyclic) bond motifs is 14. The molecule has 0 bridgehead atoms. The van der Waals surface area contributed by atoms with E-state index in [-0.39, 0.29) is 0 Å². The summed E-state index contributed by atoms with van der Waals surface area (Å²) in [6, 6.07) is 120. The van der Waals surface area contributed by atoms with Gasteiger partial charge in [-0.05, 0) is 83.4 Å². The topological polar surface area (TPSA) is 72.9 Å². The van der Waals surface area contributed by atoms with E-state index < -0.39 is 0 Å². The van der Waals surface area contributed by atoms with Crippen molar-refractivity contribution in [3.8, 4) is 141 Å². The third kappa shape index (κ3) is 9.68. The fourth-order valence-corrected chi connectivity index (χ4v) is 15.6. The number of anilines is 3. The largest absolute Gasteiger partial charge is 0.455 e. The second-order valence-corrected chi connectivity index (χ2v) is 25.9. The Kier molecular flexibility index (Phi) is 13.7. The molecular formula is C90H56N6OS. The maximum absolute atomic E-state index is 7.36. The monoisotopic (exact) mass is 1270 g/mol. The van der Waals surface area contributed by atoms with E-state index in [1.165, 1.54) is 37.4 Å². The molecule has 7 nitrogen and oxygen atoms in total. The SMILES string of the molecule is c1ccc(-c2cc(-c3cccc(-n4c5c(c6cccc(-c7ccccc7)c64)-c4ccccc4Sc4ccccc4-5)c3)nc(-c3ccc(-c4cccc5c6c(oc45)-c4ccccc4N(c4cccc(-c5nc(-c7ccccc7)cc(-c7ccccc7)n5)c4)c4ccccc4-6)cc3)n2)cc1. The summed E-state index contributed by atoms with van der Waals surface area (Å²) in [4.78, 5) is 26.1. The molecule has 19 rings (SSSR count). The van der Waals surface area contributed by atoms with Crippen molar-refractivity contribution in [2.24, 2.45) is 0 Å². The van der Waals surface area contributed by atoms with Crippen LogP contribution in [0.5, 0.6) is 0 Å². The van der Waals surface area contributed by atoms with E-state index in [1.54, 1.807) is 0 Å². The van der Waals surface area contributed by atoms with Crippen molar-refractivity contribution in [3.63, 3.8) is 0 Å². The zero-order valence-electron chi connectivity index (χ0n) is 52.8. The molecule has 6 heterocycles. The van der Waals surface area contributed by atoms with Crippen LogP contribution in [0.1, 0.15) is 0 Å². The van der Waals surface area contributed by atoms with Crippen molar-refractivity contribution < 1.29 is 4.42 Å². The first kappa shape index (κ1) is 56.8. The van der Waals surface area contributed by atoms with Gasteiger partial charge in [-0.25, -0.2) is 19.9 Å². The van der Waals surface area contributed by atoms with E-state index in [9.17, 15) is 0 Å². The summed E-state index contributed by atoms with van der Waals surface area (Å²) in [5, 5.41) is 2.23. The van der Waals surface area contributed by atoms with Crippen LogP contribution in [0, 0.1) is 0 Å². The highest BCUT2D eigenvalue weighted by molar-refractivity contribution is 7.99. The summed E-state index contributed by atoms with van der Waals surface area (Å²) in [5.74, 6) is 2.09. The van der Waals surface area contributed by atoms with Gasteiger partial charge in [0, 0.05) is 104 Å². The number of rotatable bonds is 10. The standard InChI is InChI=1S/C90H56N6OS/c1-5-25-57(26-6-1)67-41-23-43-73-83-71-39-15-19-47-81(71)98-82-48-20-16-40-72(82)86(83)96(85(67)73)66-36-21-33-63(53-66)78-56-77(61-31-11-4-12-32-61)91-89(94-78)62-51-49-58(50-52-62)68-42-24-44-74-84-69-37-13-17-45-79(69)95(80-46-18-14-38-70(80)88(84)97-87(68)74)65-35-22-34-64(54-65)90-92-75(59-27-7-2-8-28-59)55-76(93-90)60-29-9-3-10-30-60/h1-56H. The van der Waals surface area contributed by atoms with E-state index in [0.29, 0.717) is 11.6 Å². The normalized spacial score (nSPS) is 12.0. The Balaban J connectivity index is 0.710. The van der Waals surface area contributed by atoms with Crippen LogP contribution < -0.4 is 4.90 Å². The molecule has 4 aromatic heterocycles. The molecule has 0 aliphatic carbocycles. The van der Waals surface area contributed by atoms with E-state index in [2.05, 4.69) is 331 Å². The van der Waals surface area contributed by atoms with Crippen molar-refractivity contribution in [2.75, 3.05) is 4.90 Å². The summed E-state index contributed by atoms with van der Waals surface area (Å²) >= 11 is 1.84. The zero-order valence-corrected chi connectivity index (χ0v) is 53.6. The summed E-state index contributed by atoms with van der Waals surface area (Å²) in [6.07, 6.45) is 0. The van der Waals surface area contributed by atoms with Crippen LogP contribution in [0.4, 0.5) is 17.1 Å². The molecule has 2 aliphatic heterocycles. The van der Waals surface area contributed by atoms with Gasteiger partial charge in [-0.2, -0.15) is 0 Å². The fraction of sp³-hybridized carbons (Fsp3) is 0. The lowest BCUT2D eigenvalue weighted by Gasteiger charge is -2.27. The van der Waals surface area contributed by atoms with Crippen LogP contribution in [0.2, 0.25) is 0 Å². The molecular weight excluding hydrogens is 1210 g/mol. The highest BCUT2D eigenvalue weighted by Gasteiger charge is 2.33. The molecule has 13 aromatic carbocycles. The van der Waals surface area contributed by atoms with Gasteiger partial charge in [0.1, 0.15) is 11.3 Å². The molecule has 0 spiro atoms. The van der Waals surface area contributed by atoms with E-state index in [4.69, 9.17) is 24.4 Å². The van der Waals surface area contributed by atoms with Crippen molar-refractivity contribution in [1.29, 1.82) is 0 Å². The van der Waals surface area contributed by atoms with Crippen molar-refractivity contribution in [1.82, 2.24) is 24.5 Å². The second-order valence-electron chi connectivity index (χ2n) is 24.8. The molecule has 0 fully saturated rings. The van der Waals surface area contributed by atoms with Gasteiger partial charge in [-0.15, -0.1) is 0 Å². The fourth-order valence-electron chi connectivity index (χ4n) is 14.5. The molecule has 0 saturated heterocycles. The van der Waals surface area contributed by atoms with E-state index >= 15 is 0 Å². The minimum Gasteiger partial charge on any atom is -0.455 e. The Hall–Kier alpha value is -12.8. The number of nitrogens with zero attached hydrogens (tertiary/aromatic N) is 6. The van der Waals surface area contributed by atoms with Crippen LogP contribution in [-0.2, 0) is 0 Å². The summed E-state index contributed by atoms with van der Waals surface area (Å²) < 4.78 is 9.86. The molecule has 8 heteroatoms. The van der Waals surface area contributed by atoms with Gasteiger partial charge in [0.15, 0.2) is 11.6 Å². The number of hydrogen-bond acceptors (Lipinski definition) is 7. The van der Waals surface area contributed by atoms with Crippen LogP contribution in [0.25, 0.3) is 162 Å². The molecule has 0 unspecified atom stereocenters. The number of benzene rings is 13. The molecule has 17 aromatic rings. The van der Waals surface area contributed by atoms with E-state index in [0.717, 1.165) is 140 Å². The first-order chi connectivity index (χ1) is 48.6. The van der Waals surface area contributed by atoms with Crippen LogP contribution in [0.3, 0.4) is 0 Å². The van der Waals surface area contributed by atoms with Gasteiger partial charge in [0.2, 0.25) is 0 Å². The quantitative estimate of drug-likeness (QED) is 0.135. The first-order valence-corrected chi connectivity index (χ1v) is 33.8. The lowest BCUT2D eigenvalue weighted by atomic mass is 9.96. The summed E-state index contributed by atoms with van der Waals surface area (Å²) in [6.45, 7) is 0. The van der Waals surface area contributed by atoms with Crippen molar-refractivity contribution >= 4 is 50.7 Å². The minimum atomic E-state index is 0.629. The third-order valence-corrected chi connectivity index (χ3v) is 20.1. The van der Waals surface area contributed by atoms with Gasteiger partial charge in [-0.3, -0.25) is 0 Å². The van der Waals surface area contributed by atoms with Crippen LogP contribution in [0.15, 0.2) is 354 Å². The van der Waals surface area contributed by atoms with Gasteiger partial charge in [0.25, 0.3) is 0 Å². The second kappa shape index (κ2) is 23.6. The lowest BCUT2D eigenvalue weighted by Crippen LogP contribution is -2.11. The van der Waals surface area contributed by atoms with E-state index in [1.807, 2.05) is 30.0 Å². The summed E-state index contributed by atoms with van der Waals surface area (Å²) in [7, 11) is 0. The van der Waals surface area contributed by atoms with Gasteiger partial charge < -0.3 is 13.9 Å². The zero-order chi connectivity index (χ0) is 64.6. The number of para-hydroxylation sites is 4. The average molecular weight is 1270 g/mol. The van der Waals surface area contributed by atoms with Crippen molar-refractivity contribution in [3.05, 3.63) is 340 Å². The average Bonchev–Trinajstić information content (AvgIpc) is 1.56. The summed E-state index contributed by atoms with van der Waals surface area (Å²) in [5.41, 5.74) is 27.4. The third-order valence-electron chi connectivity index (χ3n) is 19.0. The van der Waals surface area contributed by atoms with Gasteiger partial charge >= 0.3 is 0 Å². The highest BCUT2D eigenvalue weighted by atomic mass is 32.2. The maximum Gasteiger partial charge on any atom is 0.160 e. The van der Waals surface area contributed by atoms with Crippen LogP contribution >= 0.6 is 11.8 Å². The van der Waals surface area contributed by atoms with Gasteiger partial charge in [0.05, 0.1) is 45.4 Å². The highest BCUT2D eigenvalue weighted by Crippen LogP contribution is 2.57. The maximum atomic E-state index is 7.36. The Labute approximate surface area is 571 Å². The molecule has 98 heavy (non-hydrogen) atoms. The van der Waals surface area contributed by atoms with Crippen molar-refractivity contribution in [2.45, 2.75) is 9.79 Å². The molecule has 0 amide bonds. The number of hydrogen-bond donors (Lipinski definition) is 0. The van der Waals surface area contributed by atoms with Crippen LogP contribution in [-0.4, -0.2) is 24.5 Å². The molecule has 458 valence electrons. The Bertz CT molecular complexity index is 5910. The number of aromatic nitrogens is 5. The smallest absolute Gasteiger partial charge is 0.160 e. The predicted octanol–water partition coefficient (Wildman–Crippen LogP) is 24.2. The molecule has 0 atom stereocenters. The molecule has 0 N–H and O–H groups in total. The number of furan rings is 1. The Morgan fingerprint density at radius 1 is 0.276 bits per heavy atom. The first-order valence-electron chi connectivity index (χ1n) is 33.0.